The van der Waals surface area contributed by atoms with Gasteiger partial charge in [-0.15, -0.1) is 11.3 Å². The van der Waals surface area contributed by atoms with E-state index >= 15 is 0 Å². The van der Waals surface area contributed by atoms with Gasteiger partial charge in [0.25, 0.3) is 0 Å². The predicted octanol–water partition coefficient (Wildman–Crippen LogP) is 4.93. The maximum absolute atomic E-state index is 12.8. The van der Waals surface area contributed by atoms with E-state index in [1.54, 1.807) is 18.4 Å². The van der Waals surface area contributed by atoms with Crippen LogP contribution in [0.2, 0.25) is 0 Å². The number of aromatic nitrogens is 1. The van der Waals surface area contributed by atoms with Gasteiger partial charge in [-0.25, -0.2) is 4.98 Å². The number of benzene rings is 2. The molecule has 0 spiro atoms. The van der Waals surface area contributed by atoms with Crippen molar-refractivity contribution in [3.63, 3.8) is 0 Å². The number of carbonyl (C=O) groups is 1. The van der Waals surface area contributed by atoms with Crippen molar-refractivity contribution in [2.45, 2.75) is 39.2 Å². The second-order valence-electron chi connectivity index (χ2n) is 8.48. The van der Waals surface area contributed by atoms with Crippen molar-refractivity contribution >= 4 is 17.2 Å². The van der Waals surface area contributed by atoms with Crippen LogP contribution in [0.4, 0.5) is 0 Å². The molecule has 2 aromatic carbocycles. The molecule has 3 aromatic rings. The second-order valence-corrected chi connectivity index (χ2v) is 9.34. The smallest absolute Gasteiger partial charge is 0.226 e. The first kappa shape index (κ1) is 22.5. The van der Waals surface area contributed by atoms with Crippen LogP contribution in [-0.4, -0.2) is 42.5 Å². The fourth-order valence-corrected chi connectivity index (χ4v) is 5.27. The normalized spacial score (nSPS) is 15.0. The lowest BCUT2D eigenvalue weighted by Crippen LogP contribution is -2.37. The van der Waals surface area contributed by atoms with Crippen molar-refractivity contribution in [1.29, 1.82) is 0 Å². The summed E-state index contributed by atoms with van der Waals surface area (Å²) in [4.78, 5) is 19.9. The number of methoxy groups -OCH3 is 1. The van der Waals surface area contributed by atoms with Gasteiger partial charge in [-0.05, 0) is 63.0 Å². The van der Waals surface area contributed by atoms with Gasteiger partial charge < -0.3 is 10.1 Å². The van der Waals surface area contributed by atoms with E-state index in [4.69, 9.17) is 9.72 Å². The Morgan fingerprint density at radius 3 is 2.75 bits per heavy atom. The summed E-state index contributed by atoms with van der Waals surface area (Å²) < 4.78 is 5.41. The number of thiazole rings is 1. The number of rotatable bonds is 8. The van der Waals surface area contributed by atoms with Gasteiger partial charge in [0.15, 0.2) is 0 Å². The Morgan fingerprint density at radius 2 is 2.00 bits per heavy atom. The first-order chi connectivity index (χ1) is 15.5. The fraction of sp³-hybridized carbons (Fsp3) is 0.385. The zero-order valence-electron chi connectivity index (χ0n) is 19.1. The van der Waals surface area contributed by atoms with Crippen LogP contribution in [0, 0.1) is 13.8 Å². The highest BCUT2D eigenvalue weighted by molar-refractivity contribution is 7.13. The molecule has 5 nitrogen and oxygen atoms in total. The van der Waals surface area contributed by atoms with Gasteiger partial charge in [-0.1, -0.05) is 35.9 Å². The quantitative estimate of drug-likeness (QED) is 0.530. The highest BCUT2D eigenvalue weighted by Gasteiger charge is 2.24. The minimum Gasteiger partial charge on any atom is -0.497 e. The Bertz CT molecular complexity index is 1070. The van der Waals surface area contributed by atoms with Crippen LogP contribution in [0.5, 0.6) is 5.75 Å². The van der Waals surface area contributed by atoms with Gasteiger partial charge in [-0.3, -0.25) is 9.69 Å². The largest absolute Gasteiger partial charge is 0.497 e. The van der Waals surface area contributed by atoms with Gasteiger partial charge >= 0.3 is 0 Å². The molecule has 0 unspecified atom stereocenters. The molecule has 4 rings (SSSR count). The van der Waals surface area contributed by atoms with Crippen LogP contribution in [-0.2, 0) is 11.2 Å². The predicted molar refractivity (Wildman–Crippen MR) is 130 cm³/mol. The third-order valence-corrected chi connectivity index (χ3v) is 6.98. The van der Waals surface area contributed by atoms with E-state index in [2.05, 4.69) is 54.4 Å². The molecule has 1 N–H and O–H groups in total. The van der Waals surface area contributed by atoms with Crippen LogP contribution < -0.4 is 10.1 Å². The number of carbonyl (C=O) groups excluding carboxylic acids is 1. The van der Waals surface area contributed by atoms with Gasteiger partial charge in [0.05, 0.1) is 25.3 Å². The lowest BCUT2D eigenvalue weighted by molar-refractivity contribution is -0.120. The molecule has 1 aliphatic heterocycles. The number of ether oxygens (including phenoxy) is 1. The van der Waals surface area contributed by atoms with E-state index in [0.29, 0.717) is 13.0 Å². The zero-order chi connectivity index (χ0) is 22.5. The van der Waals surface area contributed by atoms with Crippen molar-refractivity contribution < 1.29 is 9.53 Å². The summed E-state index contributed by atoms with van der Waals surface area (Å²) in [5.74, 6) is 0.856. The topological polar surface area (TPSA) is 54.5 Å². The molecule has 0 radical (unpaired) electrons. The summed E-state index contributed by atoms with van der Waals surface area (Å²) in [6, 6.07) is 14.7. The second kappa shape index (κ2) is 10.3. The van der Waals surface area contributed by atoms with Crippen LogP contribution in [0.25, 0.3) is 10.6 Å². The molecule has 0 bridgehead atoms. The summed E-state index contributed by atoms with van der Waals surface area (Å²) in [7, 11) is 1.69. The van der Waals surface area contributed by atoms with Gasteiger partial charge in [0.2, 0.25) is 5.91 Å². The van der Waals surface area contributed by atoms with E-state index < -0.39 is 0 Å². The van der Waals surface area contributed by atoms with E-state index in [-0.39, 0.29) is 11.9 Å². The molecule has 0 aliphatic carbocycles. The molecule has 32 heavy (non-hydrogen) atoms. The van der Waals surface area contributed by atoms with E-state index in [1.807, 2.05) is 17.5 Å². The van der Waals surface area contributed by atoms with Crippen molar-refractivity contribution in [3.8, 4) is 16.3 Å². The monoisotopic (exact) mass is 449 g/mol. The Balaban J connectivity index is 1.41. The minimum absolute atomic E-state index is 0.00886. The molecule has 6 heteroatoms. The Kier molecular flexibility index (Phi) is 7.22. The van der Waals surface area contributed by atoms with Gasteiger partial charge in [-0.2, -0.15) is 0 Å². The average molecular weight is 450 g/mol. The number of hydrogen-bond acceptors (Lipinski definition) is 5. The van der Waals surface area contributed by atoms with Gasteiger partial charge in [0, 0.05) is 17.5 Å². The maximum atomic E-state index is 12.8. The molecule has 1 aliphatic rings. The fourth-order valence-electron chi connectivity index (χ4n) is 4.36. The number of hydrogen-bond donors (Lipinski definition) is 1. The third kappa shape index (κ3) is 5.37. The maximum Gasteiger partial charge on any atom is 0.226 e. The molecule has 168 valence electrons. The number of amides is 1. The molecule has 1 amide bonds. The van der Waals surface area contributed by atoms with E-state index in [1.165, 1.54) is 29.5 Å². The summed E-state index contributed by atoms with van der Waals surface area (Å²) >= 11 is 1.60. The highest BCUT2D eigenvalue weighted by atomic mass is 32.1. The average Bonchev–Trinajstić information content (AvgIpc) is 3.47. The van der Waals surface area contributed by atoms with Crippen LogP contribution in [0.15, 0.2) is 47.8 Å². The summed E-state index contributed by atoms with van der Waals surface area (Å²) in [5, 5.41) is 6.12. The lowest BCUT2D eigenvalue weighted by Gasteiger charge is -2.28. The summed E-state index contributed by atoms with van der Waals surface area (Å²) in [5.41, 5.74) is 5.59. The first-order valence-corrected chi connectivity index (χ1v) is 12.1. The SMILES string of the molecule is COc1cccc([C@H](CNC(=O)Cc2csc(-c3ccc(C)cc3C)n2)N2CCCC2)c1. The van der Waals surface area contributed by atoms with Crippen molar-refractivity contribution in [2.24, 2.45) is 0 Å². The third-order valence-electron chi connectivity index (χ3n) is 6.06. The highest BCUT2D eigenvalue weighted by Crippen LogP contribution is 2.29. The molecule has 1 aromatic heterocycles. The van der Waals surface area contributed by atoms with Crippen molar-refractivity contribution in [2.75, 3.05) is 26.7 Å². The minimum atomic E-state index is 0.00886. The summed E-state index contributed by atoms with van der Waals surface area (Å²) in [6.45, 7) is 6.90. The van der Waals surface area contributed by atoms with Crippen molar-refractivity contribution in [3.05, 3.63) is 70.2 Å². The molecular formula is C26H31N3O2S. The van der Waals surface area contributed by atoms with E-state index in [0.717, 1.165) is 35.1 Å². The molecule has 2 heterocycles. The van der Waals surface area contributed by atoms with Gasteiger partial charge in [0.1, 0.15) is 10.8 Å². The number of nitrogens with one attached hydrogen (secondary N) is 1. The Morgan fingerprint density at radius 1 is 1.19 bits per heavy atom. The first-order valence-electron chi connectivity index (χ1n) is 11.2. The Labute approximate surface area is 194 Å². The Hall–Kier alpha value is -2.70. The molecule has 1 atom stereocenters. The number of aryl methyl sites for hydroxylation is 2. The molecular weight excluding hydrogens is 418 g/mol. The number of nitrogens with zero attached hydrogens (tertiary/aromatic N) is 2. The van der Waals surface area contributed by atoms with Crippen molar-refractivity contribution in [1.82, 2.24) is 15.2 Å². The van der Waals surface area contributed by atoms with E-state index in [9.17, 15) is 4.79 Å². The summed E-state index contributed by atoms with van der Waals surface area (Å²) in [6.07, 6.45) is 2.70. The molecule has 0 saturated carbocycles. The number of likely N-dealkylation sites (tertiary alicyclic amines) is 1. The van der Waals surface area contributed by atoms with Crippen LogP contribution in [0.1, 0.15) is 41.3 Å². The lowest BCUT2D eigenvalue weighted by atomic mass is 10.0. The standard InChI is InChI=1S/C26H31N3O2S/c1-18-9-10-23(19(2)13-18)26-28-21(17-32-26)15-25(30)27-16-24(29-11-4-5-12-29)20-7-6-8-22(14-20)31-3/h6-10,13-14,17,24H,4-5,11-12,15-16H2,1-3H3,(H,27,30)/t24-/m0/s1. The molecule has 1 fully saturated rings. The molecule has 1 saturated heterocycles. The van der Waals surface area contributed by atoms with Crippen LogP contribution >= 0.6 is 11.3 Å². The van der Waals surface area contributed by atoms with Crippen LogP contribution in [0.3, 0.4) is 0 Å². The zero-order valence-corrected chi connectivity index (χ0v) is 19.9.